The molecule has 0 amide bonds. The molecule has 0 radical (unpaired) electrons. The van der Waals surface area contributed by atoms with Crippen LogP contribution in [0.1, 0.15) is 25.5 Å². The van der Waals surface area contributed by atoms with E-state index in [1.54, 1.807) is 13.0 Å². The van der Waals surface area contributed by atoms with Crippen molar-refractivity contribution in [1.82, 2.24) is 0 Å². The molecule has 0 N–H and O–H groups in total. The van der Waals surface area contributed by atoms with Gasteiger partial charge in [0.15, 0.2) is 5.60 Å². The summed E-state index contributed by atoms with van der Waals surface area (Å²) in [7, 11) is 1.33. The van der Waals surface area contributed by atoms with E-state index in [2.05, 4.69) is 0 Å². The number of fused-ring (bicyclic) bond motifs is 2. The minimum absolute atomic E-state index is 0.320. The third-order valence-electron chi connectivity index (χ3n) is 3.67. The number of ether oxygens (including phenoxy) is 2. The molecule has 2 bridgehead atoms. The lowest BCUT2D eigenvalue weighted by Gasteiger charge is -2.50. The first-order chi connectivity index (χ1) is 9.48. The van der Waals surface area contributed by atoms with Crippen molar-refractivity contribution in [1.29, 1.82) is 0 Å². The fraction of sp³-hybridized carbons (Fsp3) is 0.400. The lowest BCUT2D eigenvalue weighted by Crippen LogP contribution is -2.57. The van der Waals surface area contributed by atoms with Gasteiger partial charge >= 0.3 is 5.97 Å². The Balaban J connectivity index is 2.05. The highest BCUT2D eigenvalue weighted by molar-refractivity contribution is 5.90. The number of esters is 1. The number of carbonyl (C=O) groups is 1. The van der Waals surface area contributed by atoms with Gasteiger partial charge in [0.1, 0.15) is 6.10 Å². The van der Waals surface area contributed by atoms with Crippen molar-refractivity contribution in [2.75, 3.05) is 7.11 Å². The molecule has 1 fully saturated rings. The van der Waals surface area contributed by atoms with Crippen LogP contribution in [0, 0.1) is 0 Å². The van der Waals surface area contributed by atoms with Crippen molar-refractivity contribution < 1.29 is 24.0 Å². The van der Waals surface area contributed by atoms with Gasteiger partial charge in [0.05, 0.1) is 12.7 Å². The van der Waals surface area contributed by atoms with Crippen LogP contribution in [0.2, 0.25) is 0 Å². The smallest absolute Gasteiger partial charge is 0.339 e. The molecular formula is C15H16O5. The highest BCUT2D eigenvalue weighted by Gasteiger charge is 2.57. The van der Waals surface area contributed by atoms with E-state index >= 15 is 0 Å². The van der Waals surface area contributed by atoms with E-state index in [4.69, 9.17) is 19.2 Å². The van der Waals surface area contributed by atoms with Crippen molar-refractivity contribution in [3.63, 3.8) is 0 Å². The zero-order valence-corrected chi connectivity index (χ0v) is 11.6. The van der Waals surface area contributed by atoms with E-state index in [0.29, 0.717) is 5.57 Å². The zero-order valence-electron chi connectivity index (χ0n) is 11.6. The fourth-order valence-electron chi connectivity index (χ4n) is 2.58. The summed E-state index contributed by atoms with van der Waals surface area (Å²) in [6, 6.07) is 9.70. The van der Waals surface area contributed by atoms with Crippen LogP contribution in [0.4, 0.5) is 0 Å². The van der Waals surface area contributed by atoms with Crippen LogP contribution in [-0.4, -0.2) is 24.5 Å². The van der Waals surface area contributed by atoms with Gasteiger partial charge in [-0.25, -0.2) is 9.68 Å². The maximum absolute atomic E-state index is 11.8. The summed E-state index contributed by atoms with van der Waals surface area (Å²) >= 11 is 0. The van der Waals surface area contributed by atoms with Crippen LogP contribution in [0.3, 0.4) is 0 Å². The second-order valence-corrected chi connectivity index (χ2v) is 5.25. The third-order valence-corrected chi connectivity index (χ3v) is 3.67. The largest absolute Gasteiger partial charge is 0.466 e. The molecule has 1 saturated heterocycles. The van der Waals surface area contributed by atoms with Gasteiger partial charge < -0.3 is 9.47 Å². The molecule has 3 atom stereocenters. The van der Waals surface area contributed by atoms with Crippen LogP contribution >= 0.6 is 0 Å². The lowest BCUT2D eigenvalue weighted by atomic mass is 9.85. The van der Waals surface area contributed by atoms with Crippen molar-refractivity contribution in [2.24, 2.45) is 0 Å². The van der Waals surface area contributed by atoms with Gasteiger partial charge in [0, 0.05) is 0 Å². The summed E-state index contributed by atoms with van der Waals surface area (Å²) in [5.41, 5.74) is 0.411. The summed E-state index contributed by atoms with van der Waals surface area (Å²) in [6.07, 6.45) is 1.37. The molecule has 3 aliphatic rings. The van der Waals surface area contributed by atoms with Gasteiger partial charge in [-0.1, -0.05) is 30.3 Å². The number of hydrogen-bond donors (Lipinski definition) is 0. The maximum Gasteiger partial charge on any atom is 0.339 e. The molecule has 20 heavy (non-hydrogen) atoms. The van der Waals surface area contributed by atoms with Gasteiger partial charge in [0.2, 0.25) is 5.79 Å². The van der Waals surface area contributed by atoms with Gasteiger partial charge in [-0.05, 0) is 25.5 Å². The van der Waals surface area contributed by atoms with Crippen LogP contribution in [0.15, 0.2) is 42.0 Å². The molecule has 5 heteroatoms. The average molecular weight is 276 g/mol. The first-order valence-corrected chi connectivity index (χ1v) is 6.40. The monoisotopic (exact) mass is 276 g/mol. The van der Waals surface area contributed by atoms with Crippen molar-refractivity contribution in [3.05, 3.63) is 47.5 Å². The molecule has 5 nitrogen and oxygen atoms in total. The van der Waals surface area contributed by atoms with E-state index < -0.39 is 17.4 Å². The van der Waals surface area contributed by atoms with E-state index in [0.717, 1.165) is 5.56 Å². The Morgan fingerprint density at radius 1 is 1.20 bits per heavy atom. The molecule has 0 unspecified atom stereocenters. The molecule has 106 valence electrons. The molecule has 0 saturated carbocycles. The van der Waals surface area contributed by atoms with E-state index in [1.165, 1.54) is 7.11 Å². The molecule has 3 heterocycles. The Bertz CT molecular complexity index is 567. The molecule has 0 aliphatic carbocycles. The summed E-state index contributed by atoms with van der Waals surface area (Å²) in [5, 5.41) is 0. The Labute approximate surface area is 117 Å². The molecular weight excluding hydrogens is 260 g/mol. The van der Waals surface area contributed by atoms with Gasteiger partial charge in [-0.15, -0.1) is 0 Å². The first-order valence-electron chi connectivity index (χ1n) is 6.40. The van der Waals surface area contributed by atoms with Crippen molar-refractivity contribution >= 4 is 5.97 Å². The normalized spacial score (nSPS) is 35.5. The molecule has 0 aromatic heterocycles. The zero-order chi connectivity index (χ0) is 14.4. The van der Waals surface area contributed by atoms with Crippen LogP contribution < -0.4 is 0 Å². The first kappa shape index (κ1) is 13.3. The second kappa shape index (κ2) is 4.41. The predicted molar refractivity (Wildman–Crippen MR) is 69.3 cm³/mol. The topological polar surface area (TPSA) is 54.0 Å². The molecule has 1 aromatic rings. The fourth-order valence-corrected chi connectivity index (χ4v) is 2.58. The molecule has 1 aromatic carbocycles. The molecule has 0 spiro atoms. The number of rotatable bonds is 2. The number of benzene rings is 1. The van der Waals surface area contributed by atoms with Crippen molar-refractivity contribution in [3.8, 4) is 0 Å². The standard InChI is InChI=1S/C15H16O5/c1-14-9-11(13(16)17-3)15(2,20-19-14)18-12(14)10-7-5-4-6-8-10/h4-9,12H,1-3H3/t12-,14+,15-/m0/s1. The predicted octanol–water partition coefficient (Wildman–Crippen LogP) is 2.29. The number of hydrogen-bond acceptors (Lipinski definition) is 5. The van der Waals surface area contributed by atoms with E-state index in [1.807, 2.05) is 37.3 Å². The Morgan fingerprint density at radius 3 is 2.55 bits per heavy atom. The Kier molecular flexibility index (Phi) is 2.93. The van der Waals surface area contributed by atoms with Crippen LogP contribution in [0.5, 0.6) is 0 Å². The minimum Gasteiger partial charge on any atom is -0.466 e. The summed E-state index contributed by atoms with van der Waals surface area (Å²) in [5.74, 6) is -1.74. The highest BCUT2D eigenvalue weighted by Crippen LogP contribution is 2.50. The molecule has 4 rings (SSSR count). The quantitative estimate of drug-likeness (QED) is 0.613. The Hall–Kier alpha value is -1.69. The second-order valence-electron chi connectivity index (χ2n) is 5.25. The highest BCUT2D eigenvalue weighted by atomic mass is 17.3. The van der Waals surface area contributed by atoms with Crippen LogP contribution in [0.25, 0.3) is 0 Å². The number of methoxy groups -OCH3 is 1. The average Bonchev–Trinajstić information content (AvgIpc) is 2.48. The molecule has 3 aliphatic heterocycles. The van der Waals surface area contributed by atoms with Crippen molar-refractivity contribution in [2.45, 2.75) is 31.3 Å². The van der Waals surface area contributed by atoms with Gasteiger partial charge in [0.25, 0.3) is 0 Å². The summed E-state index contributed by atoms with van der Waals surface area (Å²) < 4.78 is 10.8. The van der Waals surface area contributed by atoms with Crippen LogP contribution in [-0.2, 0) is 24.0 Å². The maximum atomic E-state index is 11.8. The van der Waals surface area contributed by atoms with E-state index in [9.17, 15) is 4.79 Å². The third kappa shape index (κ3) is 1.86. The number of carbonyl (C=O) groups excluding carboxylic acids is 1. The van der Waals surface area contributed by atoms with Gasteiger partial charge in [-0.3, -0.25) is 0 Å². The summed E-state index contributed by atoms with van der Waals surface area (Å²) in [6.45, 7) is 3.46. The minimum atomic E-state index is -1.26. The Morgan fingerprint density at radius 2 is 1.90 bits per heavy atom. The SMILES string of the molecule is COC(=O)C1=C[C@@]2(C)OO[C@]1(C)O[C@H]2c1ccccc1. The lowest BCUT2D eigenvalue weighted by molar-refractivity contribution is -0.513. The van der Waals surface area contributed by atoms with Gasteiger partial charge in [-0.2, -0.15) is 4.89 Å². The summed E-state index contributed by atoms with van der Waals surface area (Å²) in [4.78, 5) is 22.6. The van der Waals surface area contributed by atoms with E-state index in [-0.39, 0.29) is 6.10 Å².